The van der Waals surface area contributed by atoms with Crippen LogP contribution in [0.25, 0.3) is 11.0 Å². The lowest BCUT2D eigenvalue weighted by Gasteiger charge is -2.41. The third-order valence-electron chi connectivity index (χ3n) is 8.16. The molecule has 7 atom stereocenters. The zero-order chi connectivity index (χ0) is 25.8. The highest BCUT2D eigenvalue weighted by Crippen LogP contribution is 2.69. The van der Waals surface area contributed by atoms with Gasteiger partial charge in [-0.3, -0.25) is 14.4 Å². The Morgan fingerprint density at radius 3 is 2.81 bits per heavy atom. The van der Waals surface area contributed by atoms with Crippen LogP contribution in [0.1, 0.15) is 26.7 Å². The van der Waals surface area contributed by atoms with Gasteiger partial charge in [0.2, 0.25) is 11.8 Å². The molecule has 0 saturated carbocycles. The van der Waals surface area contributed by atoms with Gasteiger partial charge in [0.1, 0.15) is 18.2 Å². The number of aliphatic carboxylic acids is 1. The van der Waals surface area contributed by atoms with Gasteiger partial charge in [-0.2, -0.15) is 0 Å². The number of nitrogens with zero attached hydrogens (tertiary/aromatic N) is 5. The molecular weight excluding hydrogens is 482 g/mol. The van der Waals surface area contributed by atoms with Gasteiger partial charge in [0.25, 0.3) is 0 Å². The first-order chi connectivity index (χ1) is 17.3. The van der Waals surface area contributed by atoms with Gasteiger partial charge >= 0.3 is 5.97 Å². The molecule has 2 amide bonds. The molecule has 4 heterocycles. The van der Waals surface area contributed by atoms with Crippen LogP contribution in [-0.2, 0) is 21.1 Å². The van der Waals surface area contributed by atoms with Crippen LogP contribution >= 0.6 is 11.8 Å². The van der Waals surface area contributed by atoms with E-state index in [1.54, 1.807) is 15.7 Å². The number of fused-ring (bicyclic) bond motifs is 2. The number of benzene rings is 1. The van der Waals surface area contributed by atoms with Crippen molar-refractivity contribution in [1.82, 2.24) is 24.8 Å². The van der Waals surface area contributed by atoms with E-state index in [4.69, 9.17) is 0 Å². The number of carbonyl (C=O) groups is 3. The summed E-state index contributed by atoms with van der Waals surface area (Å²) in [5, 5.41) is 28.4. The minimum atomic E-state index is -0.998. The van der Waals surface area contributed by atoms with Crippen molar-refractivity contribution in [1.29, 1.82) is 0 Å². The van der Waals surface area contributed by atoms with Gasteiger partial charge in [-0.05, 0) is 30.9 Å². The Kier molecular flexibility index (Phi) is 6.32. The van der Waals surface area contributed by atoms with Crippen LogP contribution in [0.5, 0.6) is 0 Å². The van der Waals surface area contributed by atoms with Gasteiger partial charge in [-0.15, -0.1) is 23.4 Å². The van der Waals surface area contributed by atoms with Crippen LogP contribution in [0.3, 0.4) is 0 Å². The van der Waals surface area contributed by atoms with Gasteiger partial charge in [0.15, 0.2) is 0 Å². The van der Waals surface area contributed by atoms with Crippen LogP contribution in [0.2, 0.25) is 0 Å². The Morgan fingerprint density at radius 2 is 2.14 bits per heavy atom. The number of aliphatic hydroxyl groups excluding tert-OH is 1. The number of amides is 2. The zero-order valence-corrected chi connectivity index (χ0v) is 21.2. The van der Waals surface area contributed by atoms with Crippen molar-refractivity contribution in [2.45, 2.75) is 55.4 Å². The first-order valence-corrected chi connectivity index (χ1v) is 13.2. The summed E-state index contributed by atoms with van der Waals surface area (Å²) >= 11 is 1.49. The Labute approximate surface area is 213 Å². The van der Waals surface area contributed by atoms with Crippen LogP contribution in [0, 0.1) is 17.8 Å². The van der Waals surface area contributed by atoms with E-state index in [2.05, 4.69) is 16.9 Å². The van der Waals surface area contributed by atoms with Gasteiger partial charge in [0, 0.05) is 11.8 Å². The van der Waals surface area contributed by atoms with Crippen LogP contribution in [0.4, 0.5) is 0 Å². The lowest BCUT2D eigenvalue weighted by atomic mass is 9.66. The summed E-state index contributed by atoms with van der Waals surface area (Å²) in [5.74, 6) is -3.31. The molecule has 2 aromatic rings. The molecule has 3 aliphatic rings. The second-order valence-electron chi connectivity index (χ2n) is 9.95. The highest BCUT2D eigenvalue weighted by Gasteiger charge is 2.76. The van der Waals surface area contributed by atoms with Gasteiger partial charge in [-0.1, -0.05) is 37.3 Å². The average molecular weight is 514 g/mol. The maximum absolute atomic E-state index is 14.4. The number of rotatable bonds is 9. The molecule has 11 heteroatoms. The van der Waals surface area contributed by atoms with E-state index >= 15 is 0 Å². The Morgan fingerprint density at radius 1 is 1.39 bits per heavy atom. The number of aliphatic hydroxyl groups is 1. The average Bonchev–Trinajstić information content (AvgIpc) is 3.57. The molecule has 192 valence electrons. The fraction of sp³-hybridized carbons (Fsp3) is 0.560. The van der Waals surface area contributed by atoms with E-state index < -0.39 is 34.6 Å². The number of likely N-dealkylation sites (tertiary alicyclic amines) is 1. The molecule has 3 aliphatic heterocycles. The Hall–Kier alpha value is -2.92. The number of carboxylic acids is 1. The number of aromatic nitrogens is 3. The maximum Gasteiger partial charge on any atom is 0.308 e. The van der Waals surface area contributed by atoms with Crippen molar-refractivity contribution in [2.75, 3.05) is 13.2 Å². The third kappa shape index (κ3) is 3.39. The number of para-hydroxylation sites is 1. The Bertz CT molecular complexity index is 1210. The van der Waals surface area contributed by atoms with Crippen LogP contribution in [-0.4, -0.2) is 88.0 Å². The molecule has 0 aliphatic carbocycles. The standard InChI is InChI=1S/C25H31N5O5S/c1-4-10-28(13-29-17-9-7-6-8-16(17)26-27-29)23(33)21-25-14(3)11-18(36-25)19(24(34)35)20(25)22(32)30(21)15(5-2)12-31/h4,6-9,14-15,18-21,31H,1,5,10-13H2,2-3H3,(H,34,35)/t14?,15-,18+,19-,20-,21?,25?/m0/s1. The Balaban J connectivity index is 1.59. The summed E-state index contributed by atoms with van der Waals surface area (Å²) in [6.07, 6.45) is 2.71. The first kappa shape index (κ1) is 24.8. The van der Waals surface area contributed by atoms with Gasteiger partial charge < -0.3 is 20.0 Å². The molecule has 5 rings (SSSR count). The molecule has 2 bridgehead atoms. The number of thioether (sulfide) groups is 1. The molecule has 1 spiro atoms. The number of carbonyl (C=O) groups excluding carboxylic acids is 2. The van der Waals surface area contributed by atoms with Crippen molar-refractivity contribution < 1.29 is 24.6 Å². The topological polar surface area (TPSA) is 129 Å². The molecular formula is C25H31N5O5S. The van der Waals surface area contributed by atoms with Crippen molar-refractivity contribution in [2.24, 2.45) is 17.8 Å². The summed E-state index contributed by atoms with van der Waals surface area (Å²) in [5.41, 5.74) is 1.47. The highest BCUT2D eigenvalue weighted by atomic mass is 32.2. The lowest BCUT2D eigenvalue weighted by molar-refractivity contribution is -0.150. The SMILES string of the molecule is C=CCN(Cn1nnc2ccccc21)C(=O)C1N([C@@H](CC)CO)C(=O)[C@@H]2[C@@H](C(=O)O)[C@H]3CC(C)C12S3. The molecule has 36 heavy (non-hydrogen) atoms. The molecule has 3 fully saturated rings. The van der Waals surface area contributed by atoms with E-state index in [-0.39, 0.29) is 42.8 Å². The molecule has 2 N–H and O–H groups in total. The second kappa shape index (κ2) is 9.19. The van der Waals surface area contributed by atoms with Crippen molar-refractivity contribution >= 4 is 40.6 Å². The summed E-state index contributed by atoms with van der Waals surface area (Å²) in [4.78, 5) is 43.7. The quantitative estimate of drug-likeness (QED) is 0.484. The lowest BCUT2D eigenvalue weighted by Crippen LogP contribution is -2.59. The molecule has 3 saturated heterocycles. The largest absolute Gasteiger partial charge is 0.481 e. The van der Waals surface area contributed by atoms with E-state index in [1.807, 2.05) is 38.1 Å². The predicted molar refractivity (Wildman–Crippen MR) is 134 cm³/mol. The second-order valence-corrected chi connectivity index (χ2v) is 11.5. The normalized spacial score (nSPS) is 31.6. The fourth-order valence-electron chi connectivity index (χ4n) is 6.56. The first-order valence-electron chi connectivity index (χ1n) is 12.3. The maximum atomic E-state index is 14.4. The van der Waals surface area contributed by atoms with Crippen LogP contribution < -0.4 is 0 Å². The van der Waals surface area contributed by atoms with E-state index in [1.165, 1.54) is 16.7 Å². The highest BCUT2D eigenvalue weighted by molar-refractivity contribution is 8.02. The summed E-state index contributed by atoms with van der Waals surface area (Å²) in [6.45, 7) is 7.70. The van der Waals surface area contributed by atoms with E-state index in [9.17, 15) is 24.6 Å². The fourth-order valence-corrected chi connectivity index (χ4v) is 8.95. The van der Waals surface area contributed by atoms with Gasteiger partial charge in [-0.25, -0.2) is 4.68 Å². The smallest absolute Gasteiger partial charge is 0.308 e. The summed E-state index contributed by atoms with van der Waals surface area (Å²) in [6, 6.07) is 5.98. The number of hydrogen-bond acceptors (Lipinski definition) is 7. The van der Waals surface area contributed by atoms with Gasteiger partial charge in [0.05, 0.1) is 34.7 Å². The van der Waals surface area contributed by atoms with Crippen molar-refractivity contribution in [3.8, 4) is 0 Å². The summed E-state index contributed by atoms with van der Waals surface area (Å²) < 4.78 is 0.771. The molecule has 3 unspecified atom stereocenters. The van der Waals surface area contributed by atoms with E-state index in [0.717, 1.165) is 5.52 Å². The molecule has 10 nitrogen and oxygen atoms in total. The van der Waals surface area contributed by atoms with Crippen LogP contribution in [0.15, 0.2) is 36.9 Å². The van der Waals surface area contributed by atoms with Crippen molar-refractivity contribution in [3.05, 3.63) is 36.9 Å². The molecule has 0 radical (unpaired) electrons. The minimum Gasteiger partial charge on any atom is -0.481 e. The molecule has 1 aromatic heterocycles. The molecule has 1 aromatic carbocycles. The van der Waals surface area contributed by atoms with E-state index in [0.29, 0.717) is 18.4 Å². The minimum absolute atomic E-state index is 0.0371. The zero-order valence-electron chi connectivity index (χ0n) is 20.4. The monoisotopic (exact) mass is 513 g/mol. The summed E-state index contributed by atoms with van der Waals surface area (Å²) in [7, 11) is 0. The third-order valence-corrected chi connectivity index (χ3v) is 10.2. The predicted octanol–water partition coefficient (Wildman–Crippen LogP) is 1.60. The van der Waals surface area contributed by atoms with Crippen molar-refractivity contribution in [3.63, 3.8) is 0 Å². The number of carboxylic acid groups (broad SMARTS) is 1. The number of hydrogen-bond donors (Lipinski definition) is 2.